The fourth-order valence-electron chi connectivity index (χ4n) is 1.44. The predicted molar refractivity (Wildman–Crippen MR) is 55.1 cm³/mol. The van der Waals surface area contributed by atoms with Crippen molar-refractivity contribution in [3.8, 4) is 0 Å². The SMILES string of the molecule is O=C(O)C(CCCCCCl)C(=O)C1CO1. The van der Waals surface area contributed by atoms with Crippen LogP contribution in [0.4, 0.5) is 0 Å². The van der Waals surface area contributed by atoms with Gasteiger partial charge in [-0.25, -0.2) is 0 Å². The van der Waals surface area contributed by atoms with Crippen molar-refractivity contribution in [3.63, 3.8) is 0 Å². The molecule has 5 heteroatoms. The average Bonchev–Trinajstić information content (AvgIpc) is 2.99. The van der Waals surface area contributed by atoms with E-state index in [-0.39, 0.29) is 5.78 Å². The zero-order chi connectivity index (χ0) is 11.3. The van der Waals surface area contributed by atoms with Crippen LogP contribution in [-0.4, -0.2) is 35.4 Å². The van der Waals surface area contributed by atoms with Crippen molar-refractivity contribution in [2.24, 2.45) is 5.92 Å². The Bertz CT molecular complexity index is 238. The number of alkyl halides is 1. The second-order valence-electron chi connectivity index (χ2n) is 3.65. The van der Waals surface area contributed by atoms with Crippen LogP contribution in [0, 0.1) is 5.92 Å². The molecule has 2 atom stereocenters. The average molecular weight is 235 g/mol. The summed E-state index contributed by atoms with van der Waals surface area (Å²) in [5.41, 5.74) is 0. The fourth-order valence-corrected chi connectivity index (χ4v) is 1.63. The third kappa shape index (κ3) is 4.18. The minimum Gasteiger partial charge on any atom is -0.481 e. The molecule has 0 aromatic heterocycles. The van der Waals surface area contributed by atoms with E-state index in [4.69, 9.17) is 21.4 Å². The van der Waals surface area contributed by atoms with Crippen molar-refractivity contribution >= 4 is 23.4 Å². The highest BCUT2D eigenvalue weighted by atomic mass is 35.5. The molecule has 0 aliphatic carbocycles. The highest BCUT2D eigenvalue weighted by Gasteiger charge is 2.39. The number of aliphatic carboxylic acids is 1. The Morgan fingerprint density at radius 3 is 2.53 bits per heavy atom. The van der Waals surface area contributed by atoms with Gasteiger partial charge in [0.05, 0.1) is 6.61 Å². The topological polar surface area (TPSA) is 66.9 Å². The van der Waals surface area contributed by atoms with Crippen LogP contribution in [0.25, 0.3) is 0 Å². The van der Waals surface area contributed by atoms with Crippen molar-refractivity contribution < 1.29 is 19.4 Å². The first-order chi connectivity index (χ1) is 7.16. The number of carbonyl (C=O) groups is 2. The number of Topliss-reactive ketones (excluding diaryl/α,β-unsaturated/α-hetero) is 1. The van der Waals surface area contributed by atoms with E-state index in [1.54, 1.807) is 0 Å². The number of hydrogen-bond donors (Lipinski definition) is 1. The van der Waals surface area contributed by atoms with Crippen LogP contribution >= 0.6 is 11.6 Å². The lowest BCUT2D eigenvalue weighted by Gasteiger charge is -2.08. The van der Waals surface area contributed by atoms with Crippen molar-refractivity contribution in [2.45, 2.75) is 31.8 Å². The van der Waals surface area contributed by atoms with E-state index in [0.717, 1.165) is 19.3 Å². The molecule has 1 aliphatic rings. The van der Waals surface area contributed by atoms with Crippen molar-refractivity contribution in [1.29, 1.82) is 0 Å². The van der Waals surface area contributed by atoms with E-state index >= 15 is 0 Å². The van der Waals surface area contributed by atoms with Gasteiger partial charge in [-0.1, -0.05) is 12.8 Å². The number of carbonyl (C=O) groups excluding carboxylic acids is 1. The summed E-state index contributed by atoms with van der Waals surface area (Å²) in [4.78, 5) is 22.3. The summed E-state index contributed by atoms with van der Waals surface area (Å²) < 4.78 is 4.79. The Balaban J connectivity index is 2.30. The van der Waals surface area contributed by atoms with Gasteiger partial charge >= 0.3 is 5.97 Å². The van der Waals surface area contributed by atoms with Crippen LogP contribution in [0.2, 0.25) is 0 Å². The molecule has 1 saturated heterocycles. The molecule has 1 fully saturated rings. The van der Waals surface area contributed by atoms with E-state index in [0.29, 0.717) is 18.9 Å². The lowest BCUT2D eigenvalue weighted by molar-refractivity contribution is -0.147. The summed E-state index contributed by atoms with van der Waals surface area (Å²) in [7, 11) is 0. The predicted octanol–water partition coefficient (Wildman–Crippen LogP) is 1.45. The molecule has 0 aromatic rings. The first-order valence-corrected chi connectivity index (χ1v) is 5.64. The van der Waals surface area contributed by atoms with Gasteiger partial charge in [0.25, 0.3) is 0 Å². The lowest BCUT2D eigenvalue weighted by atomic mass is 9.95. The summed E-state index contributed by atoms with van der Waals surface area (Å²) in [6.45, 7) is 0.379. The minimum absolute atomic E-state index is 0.284. The van der Waals surface area contributed by atoms with Crippen LogP contribution in [0.15, 0.2) is 0 Å². The van der Waals surface area contributed by atoms with Gasteiger partial charge in [0.1, 0.15) is 12.0 Å². The zero-order valence-electron chi connectivity index (χ0n) is 8.45. The molecule has 1 aliphatic heterocycles. The Morgan fingerprint density at radius 1 is 1.40 bits per heavy atom. The van der Waals surface area contributed by atoms with E-state index in [9.17, 15) is 9.59 Å². The highest BCUT2D eigenvalue weighted by molar-refractivity contribution is 6.17. The molecule has 15 heavy (non-hydrogen) atoms. The first-order valence-electron chi connectivity index (χ1n) is 5.11. The summed E-state index contributed by atoms with van der Waals surface area (Å²) in [6, 6.07) is 0. The number of carboxylic acids is 1. The fraction of sp³-hybridized carbons (Fsp3) is 0.800. The number of carboxylic acid groups (broad SMARTS) is 1. The number of ether oxygens (including phenoxy) is 1. The largest absolute Gasteiger partial charge is 0.481 e. The number of halogens is 1. The maximum Gasteiger partial charge on any atom is 0.314 e. The second kappa shape index (κ2) is 6.08. The Kier molecular flexibility index (Phi) is 5.05. The van der Waals surface area contributed by atoms with E-state index in [2.05, 4.69) is 0 Å². The summed E-state index contributed by atoms with van der Waals surface area (Å²) >= 11 is 5.50. The normalized spacial score (nSPS) is 21.0. The molecule has 86 valence electrons. The lowest BCUT2D eigenvalue weighted by Crippen LogP contribution is -2.27. The number of rotatable bonds is 8. The van der Waals surface area contributed by atoms with Crippen LogP contribution in [0.5, 0.6) is 0 Å². The quantitative estimate of drug-likeness (QED) is 0.299. The summed E-state index contributed by atoms with van der Waals surface area (Å²) in [5, 5.41) is 8.87. The second-order valence-corrected chi connectivity index (χ2v) is 4.03. The molecule has 2 unspecified atom stereocenters. The molecule has 0 radical (unpaired) electrons. The van der Waals surface area contributed by atoms with Gasteiger partial charge in [-0.3, -0.25) is 9.59 Å². The van der Waals surface area contributed by atoms with Crippen LogP contribution in [0.3, 0.4) is 0 Å². The minimum atomic E-state index is -1.04. The highest BCUT2D eigenvalue weighted by Crippen LogP contribution is 2.20. The third-order valence-electron chi connectivity index (χ3n) is 2.42. The van der Waals surface area contributed by atoms with Gasteiger partial charge in [-0.2, -0.15) is 0 Å². The maximum atomic E-state index is 11.5. The number of unbranched alkanes of at least 4 members (excludes halogenated alkanes) is 2. The van der Waals surface area contributed by atoms with E-state index < -0.39 is 18.0 Å². The Labute approximate surface area is 93.6 Å². The molecule has 0 bridgehead atoms. The third-order valence-corrected chi connectivity index (χ3v) is 2.69. The van der Waals surface area contributed by atoms with Gasteiger partial charge < -0.3 is 9.84 Å². The first kappa shape index (κ1) is 12.5. The molecule has 1 heterocycles. The van der Waals surface area contributed by atoms with Crippen molar-refractivity contribution in [3.05, 3.63) is 0 Å². The van der Waals surface area contributed by atoms with E-state index in [1.165, 1.54) is 0 Å². The number of epoxide rings is 1. The molecule has 1 rings (SSSR count). The van der Waals surface area contributed by atoms with Crippen LogP contribution < -0.4 is 0 Å². The molecule has 0 spiro atoms. The standard InChI is InChI=1S/C10H15ClO4/c11-5-3-1-2-4-7(10(13)14)9(12)8-6-15-8/h7-8H,1-6H2,(H,13,14). The van der Waals surface area contributed by atoms with E-state index in [1.807, 2.05) is 0 Å². The van der Waals surface area contributed by atoms with Crippen molar-refractivity contribution in [1.82, 2.24) is 0 Å². The number of ketones is 1. The smallest absolute Gasteiger partial charge is 0.314 e. The maximum absolute atomic E-state index is 11.5. The zero-order valence-corrected chi connectivity index (χ0v) is 9.20. The van der Waals surface area contributed by atoms with Gasteiger partial charge in [0, 0.05) is 5.88 Å². The van der Waals surface area contributed by atoms with Crippen molar-refractivity contribution in [2.75, 3.05) is 12.5 Å². The van der Waals surface area contributed by atoms with Gasteiger partial charge in [-0.05, 0) is 12.8 Å². The Hall–Kier alpha value is -0.610. The summed E-state index contributed by atoms with van der Waals surface area (Å²) in [6.07, 6.45) is 2.39. The summed E-state index contributed by atoms with van der Waals surface area (Å²) in [5.74, 6) is -1.64. The number of hydrogen-bond acceptors (Lipinski definition) is 3. The molecule has 1 N–H and O–H groups in total. The van der Waals surface area contributed by atoms with Gasteiger partial charge in [0.2, 0.25) is 0 Å². The molecule has 4 nitrogen and oxygen atoms in total. The molecule has 0 amide bonds. The van der Waals surface area contributed by atoms with Crippen LogP contribution in [-0.2, 0) is 14.3 Å². The molecular formula is C10H15ClO4. The van der Waals surface area contributed by atoms with Crippen LogP contribution in [0.1, 0.15) is 25.7 Å². The monoisotopic (exact) mass is 234 g/mol. The molecule has 0 aromatic carbocycles. The molecular weight excluding hydrogens is 220 g/mol. The Morgan fingerprint density at radius 2 is 2.07 bits per heavy atom. The molecule has 0 saturated carbocycles. The van der Waals surface area contributed by atoms with Gasteiger partial charge in [0.15, 0.2) is 5.78 Å². The van der Waals surface area contributed by atoms with Gasteiger partial charge in [-0.15, -0.1) is 11.6 Å².